The molecular formula is C29H30N4O2. The van der Waals surface area contributed by atoms with Gasteiger partial charge in [0.25, 0.3) is 5.91 Å². The van der Waals surface area contributed by atoms with E-state index in [4.69, 9.17) is 0 Å². The van der Waals surface area contributed by atoms with E-state index in [1.54, 1.807) is 0 Å². The largest absolute Gasteiger partial charge is 0.328 e. The summed E-state index contributed by atoms with van der Waals surface area (Å²) in [6.07, 6.45) is 0. The quantitative estimate of drug-likeness (QED) is 0.371. The summed E-state index contributed by atoms with van der Waals surface area (Å²) >= 11 is 0. The number of anilines is 1. The second kappa shape index (κ2) is 10.4. The second-order valence-corrected chi connectivity index (χ2v) is 8.79. The van der Waals surface area contributed by atoms with Crippen LogP contribution in [0.3, 0.4) is 0 Å². The van der Waals surface area contributed by atoms with Crippen molar-refractivity contribution in [2.75, 3.05) is 5.32 Å². The molecule has 0 saturated heterocycles. The van der Waals surface area contributed by atoms with E-state index in [-0.39, 0.29) is 17.9 Å². The highest BCUT2D eigenvalue weighted by molar-refractivity contribution is 5.94. The number of aryl methyl sites for hydroxylation is 2. The molecule has 0 aliphatic carbocycles. The molecule has 4 aromatic rings. The monoisotopic (exact) mass is 466 g/mol. The predicted octanol–water partition coefficient (Wildman–Crippen LogP) is 5.85. The lowest BCUT2D eigenvalue weighted by atomic mass is 10.0. The number of benzene rings is 3. The SMILES string of the molecule is CC(=O)Nc1cccc(C(C)N(Cc2ccccc2)C(=O)c2ccc(-n3nc(C)cc3C)cc2)c1. The molecule has 6 nitrogen and oxygen atoms in total. The van der Waals surface area contributed by atoms with Crippen molar-refractivity contribution in [1.29, 1.82) is 0 Å². The molecule has 6 heteroatoms. The fraction of sp³-hybridized carbons (Fsp3) is 0.207. The van der Waals surface area contributed by atoms with Gasteiger partial charge in [0.05, 0.1) is 17.4 Å². The summed E-state index contributed by atoms with van der Waals surface area (Å²) < 4.78 is 1.88. The highest BCUT2D eigenvalue weighted by Gasteiger charge is 2.24. The summed E-state index contributed by atoms with van der Waals surface area (Å²) in [7, 11) is 0. The molecule has 1 unspecified atom stereocenters. The second-order valence-electron chi connectivity index (χ2n) is 8.79. The van der Waals surface area contributed by atoms with Crippen molar-refractivity contribution in [2.45, 2.75) is 40.3 Å². The maximum absolute atomic E-state index is 13.8. The molecular weight excluding hydrogens is 436 g/mol. The number of carbonyl (C=O) groups excluding carboxylic acids is 2. The van der Waals surface area contributed by atoms with Crippen LogP contribution in [-0.2, 0) is 11.3 Å². The summed E-state index contributed by atoms with van der Waals surface area (Å²) in [6.45, 7) is 7.93. The lowest BCUT2D eigenvalue weighted by Crippen LogP contribution is -2.33. The molecule has 0 aliphatic heterocycles. The lowest BCUT2D eigenvalue weighted by Gasteiger charge is -2.30. The van der Waals surface area contributed by atoms with Crippen LogP contribution in [0.1, 0.15) is 52.8 Å². The highest BCUT2D eigenvalue weighted by Crippen LogP contribution is 2.27. The van der Waals surface area contributed by atoms with Crippen molar-refractivity contribution in [2.24, 2.45) is 0 Å². The van der Waals surface area contributed by atoms with Gasteiger partial charge in [-0.3, -0.25) is 9.59 Å². The summed E-state index contributed by atoms with van der Waals surface area (Å²) in [5.41, 5.74) is 6.22. The third-order valence-electron chi connectivity index (χ3n) is 5.98. The Balaban J connectivity index is 1.65. The number of carbonyl (C=O) groups is 2. The van der Waals surface area contributed by atoms with E-state index in [1.807, 2.05) is 115 Å². The Morgan fingerprint density at radius 3 is 2.29 bits per heavy atom. The van der Waals surface area contributed by atoms with Crippen LogP contribution in [0.2, 0.25) is 0 Å². The van der Waals surface area contributed by atoms with E-state index < -0.39 is 0 Å². The first-order chi connectivity index (χ1) is 16.8. The van der Waals surface area contributed by atoms with Crippen LogP contribution in [-0.4, -0.2) is 26.5 Å². The number of hydrogen-bond acceptors (Lipinski definition) is 3. The minimum atomic E-state index is -0.216. The Morgan fingerprint density at radius 1 is 0.943 bits per heavy atom. The topological polar surface area (TPSA) is 67.2 Å². The van der Waals surface area contributed by atoms with Crippen LogP contribution in [0.15, 0.2) is 84.9 Å². The summed E-state index contributed by atoms with van der Waals surface area (Å²) in [4.78, 5) is 27.2. The van der Waals surface area contributed by atoms with Gasteiger partial charge in [-0.2, -0.15) is 5.10 Å². The zero-order valence-corrected chi connectivity index (χ0v) is 20.5. The van der Waals surface area contributed by atoms with E-state index in [9.17, 15) is 9.59 Å². The van der Waals surface area contributed by atoms with Gasteiger partial charge in [-0.05, 0) is 74.4 Å². The Kier molecular flexibility index (Phi) is 7.11. The molecule has 4 rings (SSSR count). The van der Waals surface area contributed by atoms with Gasteiger partial charge in [-0.1, -0.05) is 42.5 Å². The smallest absolute Gasteiger partial charge is 0.254 e. The first kappa shape index (κ1) is 24.0. The number of hydrogen-bond donors (Lipinski definition) is 1. The Morgan fingerprint density at radius 2 is 1.66 bits per heavy atom. The van der Waals surface area contributed by atoms with E-state index >= 15 is 0 Å². The number of rotatable bonds is 7. The maximum Gasteiger partial charge on any atom is 0.254 e. The molecule has 35 heavy (non-hydrogen) atoms. The van der Waals surface area contributed by atoms with Crippen molar-refractivity contribution in [1.82, 2.24) is 14.7 Å². The lowest BCUT2D eigenvalue weighted by molar-refractivity contribution is -0.114. The van der Waals surface area contributed by atoms with Crippen LogP contribution >= 0.6 is 0 Å². The van der Waals surface area contributed by atoms with Gasteiger partial charge in [0, 0.05) is 30.4 Å². The molecule has 1 N–H and O–H groups in total. The van der Waals surface area contributed by atoms with Gasteiger partial charge in [-0.25, -0.2) is 4.68 Å². The molecule has 0 aliphatic rings. The molecule has 0 saturated carbocycles. The van der Waals surface area contributed by atoms with Gasteiger partial charge in [-0.15, -0.1) is 0 Å². The Hall–Kier alpha value is -4.19. The van der Waals surface area contributed by atoms with E-state index in [0.29, 0.717) is 17.8 Å². The highest BCUT2D eigenvalue weighted by atomic mass is 16.2. The van der Waals surface area contributed by atoms with E-state index in [0.717, 1.165) is 28.2 Å². The Labute approximate surface area is 206 Å². The van der Waals surface area contributed by atoms with E-state index in [2.05, 4.69) is 10.4 Å². The van der Waals surface area contributed by atoms with Crippen molar-refractivity contribution in [3.8, 4) is 5.69 Å². The third kappa shape index (κ3) is 5.66. The van der Waals surface area contributed by atoms with Crippen molar-refractivity contribution >= 4 is 17.5 Å². The van der Waals surface area contributed by atoms with Gasteiger partial charge >= 0.3 is 0 Å². The molecule has 178 valence electrons. The Bertz CT molecular complexity index is 1330. The normalized spacial score (nSPS) is 11.7. The summed E-state index contributed by atoms with van der Waals surface area (Å²) in [6, 6.07) is 27.0. The molecule has 1 heterocycles. The average Bonchev–Trinajstić information content (AvgIpc) is 3.20. The van der Waals surface area contributed by atoms with Gasteiger partial charge in [0.15, 0.2) is 0 Å². The number of amides is 2. The fourth-order valence-electron chi connectivity index (χ4n) is 4.23. The minimum Gasteiger partial charge on any atom is -0.328 e. The molecule has 2 amide bonds. The molecule has 3 aromatic carbocycles. The van der Waals surface area contributed by atoms with Crippen LogP contribution in [0.25, 0.3) is 5.69 Å². The van der Waals surface area contributed by atoms with Crippen LogP contribution < -0.4 is 5.32 Å². The fourth-order valence-corrected chi connectivity index (χ4v) is 4.23. The first-order valence-corrected chi connectivity index (χ1v) is 11.7. The maximum atomic E-state index is 13.8. The van der Waals surface area contributed by atoms with Crippen molar-refractivity contribution in [3.63, 3.8) is 0 Å². The van der Waals surface area contributed by atoms with Crippen LogP contribution in [0.4, 0.5) is 5.69 Å². The molecule has 1 atom stereocenters. The standard InChI is InChI=1S/C29H30N4O2/c1-20-17-21(2)33(31-20)28-15-13-25(14-16-28)29(35)32(19-24-9-6-5-7-10-24)22(3)26-11-8-12-27(18-26)30-23(4)34/h5-18,22H,19H2,1-4H3,(H,30,34). The molecule has 0 bridgehead atoms. The van der Waals surface area contributed by atoms with Crippen molar-refractivity contribution in [3.05, 3.63) is 113 Å². The van der Waals surface area contributed by atoms with Gasteiger partial charge < -0.3 is 10.2 Å². The molecule has 0 fully saturated rings. The minimum absolute atomic E-state index is 0.0637. The molecule has 0 spiro atoms. The van der Waals surface area contributed by atoms with E-state index in [1.165, 1.54) is 6.92 Å². The summed E-state index contributed by atoms with van der Waals surface area (Å²) in [5, 5.41) is 7.36. The number of nitrogens with one attached hydrogen (secondary N) is 1. The molecule has 0 radical (unpaired) electrons. The van der Waals surface area contributed by atoms with Gasteiger partial charge in [0.2, 0.25) is 5.91 Å². The number of aromatic nitrogens is 2. The zero-order chi connectivity index (χ0) is 24.9. The number of nitrogens with zero attached hydrogens (tertiary/aromatic N) is 3. The van der Waals surface area contributed by atoms with Crippen LogP contribution in [0.5, 0.6) is 0 Å². The average molecular weight is 467 g/mol. The summed E-state index contributed by atoms with van der Waals surface area (Å²) in [5.74, 6) is -0.194. The van der Waals surface area contributed by atoms with Crippen molar-refractivity contribution < 1.29 is 9.59 Å². The molecule has 1 aromatic heterocycles. The zero-order valence-electron chi connectivity index (χ0n) is 20.5. The first-order valence-electron chi connectivity index (χ1n) is 11.7. The van der Waals surface area contributed by atoms with Crippen LogP contribution in [0, 0.1) is 13.8 Å². The predicted molar refractivity (Wildman–Crippen MR) is 139 cm³/mol. The van der Waals surface area contributed by atoms with Gasteiger partial charge in [0.1, 0.15) is 0 Å². The third-order valence-corrected chi connectivity index (χ3v) is 5.98.